The highest BCUT2D eigenvalue weighted by molar-refractivity contribution is 6.09. The van der Waals surface area contributed by atoms with Crippen LogP contribution in [0.4, 0.5) is 18.9 Å². The van der Waals surface area contributed by atoms with E-state index in [4.69, 9.17) is 0 Å². The SMILES string of the molecule is Cc1ccc(C(=O)Nc2cccc3cccnc23)c(C(F)(F)F)c1. The molecule has 0 spiro atoms. The molecular weight excluding hydrogens is 317 g/mol. The second-order valence-electron chi connectivity index (χ2n) is 5.38. The van der Waals surface area contributed by atoms with E-state index >= 15 is 0 Å². The molecule has 0 aliphatic rings. The number of carbonyl (C=O) groups excluding carboxylic acids is 1. The number of rotatable bonds is 2. The number of halogens is 3. The molecule has 0 unspecified atom stereocenters. The van der Waals surface area contributed by atoms with Gasteiger partial charge in [0.25, 0.3) is 5.91 Å². The number of aromatic nitrogens is 1. The van der Waals surface area contributed by atoms with Gasteiger partial charge in [0.2, 0.25) is 0 Å². The minimum absolute atomic E-state index is 0.367. The fourth-order valence-corrected chi connectivity index (χ4v) is 2.49. The molecule has 3 nitrogen and oxygen atoms in total. The summed E-state index contributed by atoms with van der Waals surface area (Å²) in [7, 11) is 0. The molecule has 3 rings (SSSR count). The summed E-state index contributed by atoms with van der Waals surface area (Å²) in [5, 5.41) is 3.32. The van der Waals surface area contributed by atoms with Crippen molar-refractivity contribution in [1.29, 1.82) is 0 Å². The van der Waals surface area contributed by atoms with Crippen molar-refractivity contribution in [2.24, 2.45) is 0 Å². The molecule has 2 aromatic carbocycles. The van der Waals surface area contributed by atoms with E-state index in [-0.39, 0.29) is 0 Å². The minimum atomic E-state index is -4.60. The first kappa shape index (κ1) is 16.0. The van der Waals surface area contributed by atoms with E-state index in [9.17, 15) is 18.0 Å². The van der Waals surface area contributed by atoms with Gasteiger partial charge in [0, 0.05) is 11.6 Å². The molecule has 0 fully saturated rings. The Morgan fingerprint density at radius 1 is 1.08 bits per heavy atom. The zero-order valence-electron chi connectivity index (χ0n) is 12.7. The van der Waals surface area contributed by atoms with Gasteiger partial charge >= 0.3 is 6.18 Å². The third kappa shape index (κ3) is 3.08. The number of para-hydroxylation sites is 1. The summed E-state index contributed by atoms with van der Waals surface area (Å²) in [5.41, 5.74) is -0.0410. The Morgan fingerprint density at radius 2 is 1.83 bits per heavy atom. The summed E-state index contributed by atoms with van der Waals surface area (Å²) in [4.78, 5) is 16.6. The lowest BCUT2D eigenvalue weighted by molar-refractivity contribution is -0.137. The molecule has 0 aliphatic carbocycles. The molecule has 1 aromatic heterocycles. The van der Waals surface area contributed by atoms with E-state index < -0.39 is 23.2 Å². The van der Waals surface area contributed by atoms with Gasteiger partial charge in [-0.2, -0.15) is 13.2 Å². The van der Waals surface area contributed by atoms with Crippen LogP contribution in [0.2, 0.25) is 0 Å². The van der Waals surface area contributed by atoms with Crippen LogP contribution >= 0.6 is 0 Å². The number of fused-ring (bicyclic) bond motifs is 1. The van der Waals surface area contributed by atoms with E-state index in [2.05, 4.69) is 10.3 Å². The van der Waals surface area contributed by atoms with Crippen molar-refractivity contribution in [2.75, 3.05) is 5.32 Å². The van der Waals surface area contributed by atoms with Crippen LogP contribution in [0.15, 0.2) is 54.7 Å². The Balaban J connectivity index is 2.01. The molecule has 1 amide bonds. The van der Waals surface area contributed by atoms with Crippen molar-refractivity contribution >= 4 is 22.5 Å². The minimum Gasteiger partial charge on any atom is -0.320 e. The molecule has 3 aromatic rings. The smallest absolute Gasteiger partial charge is 0.320 e. The number of carbonyl (C=O) groups is 1. The topological polar surface area (TPSA) is 42.0 Å². The van der Waals surface area contributed by atoms with E-state index in [0.717, 1.165) is 11.5 Å². The van der Waals surface area contributed by atoms with Crippen LogP contribution in [0, 0.1) is 6.92 Å². The van der Waals surface area contributed by atoms with Crippen molar-refractivity contribution in [2.45, 2.75) is 13.1 Å². The van der Waals surface area contributed by atoms with Crippen molar-refractivity contribution in [3.8, 4) is 0 Å². The number of hydrogen-bond acceptors (Lipinski definition) is 2. The molecule has 0 atom stereocenters. The van der Waals surface area contributed by atoms with Gasteiger partial charge in [-0.15, -0.1) is 0 Å². The average molecular weight is 330 g/mol. The lowest BCUT2D eigenvalue weighted by atomic mass is 10.0. The van der Waals surface area contributed by atoms with Crippen molar-refractivity contribution in [3.63, 3.8) is 0 Å². The number of hydrogen-bond donors (Lipinski definition) is 1. The first-order valence-corrected chi connectivity index (χ1v) is 7.19. The van der Waals surface area contributed by atoms with Gasteiger partial charge in [0.15, 0.2) is 0 Å². The summed E-state index contributed by atoms with van der Waals surface area (Å²) in [5.74, 6) is -0.819. The molecule has 0 bridgehead atoms. The summed E-state index contributed by atoms with van der Waals surface area (Å²) < 4.78 is 39.6. The fraction of sp³-hybridized carbons (Fsp3) is 0.111. The van der Waals surface area contributed by atoms with Crippen molar-refractivity contribution in [1.82, 2.24) is 4.98 Å². The highest BCUT2D eigenvalue weighted by Gasteiger charge is 2.35. The summed E-state index contributed by atoms with van der Waals surface area (Å²) in [6.45, 7) is 1.55. The summed E-state index contributed by atoms with van der Waals surface area (Å²) in [6.07, 6.45) is -3.04. The molecule has 122 valence electrons. The monoisotopic (exact) mass is 330 g/mol. The molecule has 0 aliphatic heterocycles. The summed E-state index contributed by atoms with van der Waals surface area (Å²) >= 11 is 0. The zero-order chi connectivity index (χ0) is 17.3. The van der Waals surface area contributed by atoms with E-state index in [1.165, 1.54) is 12.1 Å². The molecule has 0 radical (unpaired) electrons. The predicted molar refractivity (Wildman–Crippen MR) is 85.9 cm³/mol. The van der Waals surface area contributed by atoms with Crippen LogP contribution < -0.4 is 5.32 Å². The van der Waals surface area contributed by atoms with Gasteiger partial charge in [-0.25, -0.2) is 0 Å². The molecular formula is C18H13F3N2O. The van der Waals surface area contributed by atoms with Crippen LogP contribution in [0.1, 0.15) is 21.5 Å². The number of nitrogens with zero attached hydrogens (tertiary/aromatic N) is 1. The standard InChI is InChI=1S/C18H13F3N2O/c1-11-7-8-13(14(10-11)18(19,20)21)17(24)23-15-6-2-4-12-5-3-9-22-16(12)15/h2-10H,1H3,(H,23,24). The number of alkyl halides is 3. The quantitative estimate of drug-likeness (QED) is 0.732. The molecule has 0 saturated carbocycles. The Hall–Kier alpha value is -2.89. The van der Waals surface area contributed by atoms with E-state index in [1.54, 1.807) is 31.3 Å². The fourth-order valence-electron chi connectivity index (χ4n) is 2.49. The van der Waals surface area contributed by atoms with Gasteiger partial charge in [0.05, 0.1) is 22.3 Å². The number of benzene rings is 2. The normalized spacial score (nSPS) is 11.5. The Kier molecular flexibility index (Phi) is 3.97. The maximum atomic E-state index is 13.2. The number of pyridine rings is 1. The van der Waals surface area contributed by atoms with Crippen molar-refractivity contribution in [3.05, 3.63) is 71.4 Å². The number of amides is 1. The Morgan fingerprint density at radius 3 is 2.58 bits per heavy atom. The van der Waals surface area contributed by atoms with Crippen LogP contribution in [0.25, 0.3) is 10.9 Å². The lowest BCUT2D eigenvalue weighted by Gasteiger charge is -2.14. The van der Waals surface area contributed by atoms with E-state index in [1.807, 2.05) is 12.1 Å². The van der Waals surface area contributed by atoms with Crippen molar-refractivity contribution < 1.29 is 18.0 Å². The number of nitrogens with one attached hydrogen (secondary N) is 1. The molecule has 0 saturated heterocycles. The second kappa shape index (κ2) is 5.96. The van der Waals surface area contributed by atoms with Gasteiger partial charge in [-0.1, -0.05) is 29.8 Å². The maximum Gasteiger partial charge on any atom is 0.417 e. The molecule has 24 heavy (non-hydrogen) atoms. The number of anilines is 1. The second-order valence-corrected chi connectivity index (χ2v) is 5.38. The van der Waals surface area contributed by atoms with Crippen LogP contribution in [0.3, 0.4) is 0 Å². The van der Waals surface area contributed by atoms with Gasteiger partial charge < -0.3 is 5.32 Å². The number of aryl methyl sites for hydroxylation is 1. The molecule has 1 heterocycles. The van der Waals surface area contributed by atoms with Crippen LogP contribution in [-0.4, -0.2) is 10.9 Å². The lowest BCUT2D eigenvalue weighted by Crippen LogP contribution is -2.19. The highest BCUT2D eigenvalue weighted by atomic mass is 19.4. The molecule has 6 heteroatoms. The Labute approximate surface area is 136 Å². The zero-order valence-corrected chi connectivity index (χ0v) is 12.7. The summed E-state index contributed by atoms with van der Waals surface area (Å²) in [6, 6.07) is 12.3. The third-order valence-electron chi connectivity index (χ3n) is 3.61. The van der Waals surface area contributed by atoms with Gasteiger partial charge in [0.1, 0.15) is 0 Å². The van der Waals surface area contributed by atoms with E-state index in [0.29, 0.717) is 16.8 Å². The predicted octanol–water partition coefficient (Wildman–Crippen LogP) is 4.81. The third-order valence-corrected chi connectivity index (χ3v) is 3.61. The van der Waals surface area contributed by atoms with Gasteiger partial charge in [-0.05, 0) is 31.2 Å². The Bertz CT molecular complexity index is 914. The first-order valence-electron chi connectivity index (χ1n) is 7.19. The molecule has 1 N–H and O–H groups in total. The largest absolute Gasteiger partial charge is 0.417 e. The van der Waals surface area contributed by atoms with Crippen LogP contribution in [-0.2, 0) is 6.18 Å². The van der Waals surface area contributed by atoms with Gasteiger partial charge in [-0.3, -0.25) is 9.78 Å². The highest BCUT2D eigenvalue weighted by Crippen LogP contribution is 2.33. The van der Waals surface area contributed by atoms with Crippen LogP contribution in [0.5, 0.6) is 0 Å². The average Bonchev–Trinajstić information content (AvgIpc) is 2.54. The first-order chi connectivity index (χ1) is 11.4. The maximum absolute atomic E-state index is 13.2.